The molecule has 174 valence electrons. The molecule has 3 rings (SSSR count). The highest BCUT2D eigenvalue weighted by Gasteiger charge is 2.37. The van der Waals surface area contributed by atoms with Crippen LogP contribution in [0.2, 0.25) is 5.02 Å². The molecule has 0 bridgehead atoms. The van der Waals surface area contributed by atoms with Gasteiger partial charge in [0, 0.05) is 19.0 Å². The van der Waals surface area contributed by atoms with Gasteiger partial charge < -0.3 is 10.1 Å². The van der Waals surface area contributed by atoms with Gasteiger partial charge in [0.2, 0.25) is 15.9 Å². The number of halogens is 4. The lowest BCUT2D eigenvalue weighted by Crippen LogP contribution is -2.41. The van der Waals surface area contributed by atoms with Crippen molar-refractivity contribution in [2.45, 2.75) is 30.8 Å². The molecular formula is C21H22ClF3N2O4S. The zero-order chi connectivity index (χ0) is 23.5. The molecular weight excluding hydrogens is 469 g/mol. The highest BCUT2D eigenvalue weighted by Crippen LogP contribution is 2.37. The van der Waals surface area contributed by atoms with Gasteiger partial charge in [-0.15, -0.1) is 0 Å². The van der Waals surface area contributed by atoms with Gasteiger partial charge in [-0.25, -0.2) is 8.42 Å². The molecule has 6 nitrogen and oxygen atoms in total. The number of carbonyl (C=O) groups excluding carboxylic acids is 1. The molecule has 11 heteroatoms. The van der Waals surface area contributed by atoms with Crippen LogP contribution in [0.25, 0.3) is 0 Å². The molecule has 0 atom stereocenters. The Morgan fingerprint density at radius 3 is 2.47 bits per heavy atom. The fourth-order valence-corrected chi connectivity index (χ4v) is 5.20. The smallest absolute Gasteiger partial charge is 0.417 e. The third kappa shape index (κ3) is 5.36. The highest BCUT2D eigenvalue weighted by atomic mass is 35.5. The van der Waals surface area contributed by atoms with E-state index in [-0.39, 0.29) is 31.8 Å². The summed E-state index contributed by atoms with van der Waals surface area (Å²) in [6.07, 6.45) is -4.30. The predicted molar refractivity (Wildman–Crippen MR) is 114 cm³/mol. The van der Waals surface area contributed by atoms with Gasteiger partial charge in [-0.3, -0.25) is 4.79 Å². The fraction of sp³-hybridized carbons (Fsp3) is 0.381. The van der Waals surface area contributed by atoms with E-state index in [0.29, 0.717) is 24.1 Å². The van der Waals surface area contributed by atoms with Crippen molar-refractivity contribution in [1.82, 2.24) is 4.31 Å². The molecule has 1 N–H and O–H groups in total. The molecule has 0 unspecified atom stereocenters. The first-order valence-corrected chi connectivity index (χ1v) is 11.8. The van der Waals surface area contributed by atoms with Crippen LogP contribution in [0.4, 0.5) is 18.9 Å². The van der Waals surface area contributed by atoms with Gasteiger partial charge in [-0.05, 0) is 50.1 Å². The summed E-state index contributed by atoms with van der Waals surface area (Å²) in [5.41, 5.74) is -0.683. The lowest BCUT2D eigenvalue weighted by atomic mass is 9.97. The van der Waals surface area contributed by atoms with E-state index in [0.717, 1.165) is 16.4 Å². The normalized spacial score (nSPS) is 16.0. The number of benzene rings is 2. The number of ether oxygens (including phenoxy) is 1. The van der Waals surface area contributed by atoms with Crippen LogP contribution in [0.3, 0.4) is 0 Å². The third-order valence-corrected chi connectivity index (χ3v) is 7.37. The van der Waals surface area contributed by atoms with Crippen molar-refractivity contribution in [3.05, 3.63) is 53.1 Å². The van der Waals surface area contributed by atoms with Crippen molar-refractivity contribution < 1.29 is 31.1 Å². The van der Waals surface area contributed by atoms with Crippen molar-refractivity contribution in [2.24, 2.45) is 5.92 Å². The minimum Gasteiger partial charge on any atom is -0.492 e. The number of hydrogen-bond donors (Lipinski definition) is 1. The number of para-hydroxylation sites is 2. The first-order valence-electron chi connectivity index (χ1n) is 9.93. The van der Waals surface area contributed by atoms with Crippen molar-refractivity contribution in [2.75, 3.05) is 25.0 Å². The van der Waals surface area contributed by atoms with Crippen LogP contribution in [-0.2, 0) is 21.0 Å². The number of anilines is 1. The van der Waals surface area contributed by atoms with E-state index in [2.05, 4.69) is 5.32 Å². The van der Waals surface area contributed by atoms with Crippen LogP contribution < -0.4 is 10.1 Å². The van der Waals surface area contributed by atoms with Gasteiger partial charge in [0.25, 0.3) is 0 Å². The second-order valence-electron chi connectivity index (χ2n) is 7.24. The topological polar surface area (TPSA) is 75.7 Å². The number of nitrogens with one attached hydrogen (secondary N) is 1. The van der Waals surface area contributed by atoms with Crippen LogP contribution in [-0.4, -0.2) is 38.3 Å². The number of alkyl halides is 3. The van der Waals surface area contributed by atoms with Crippen LogP contribution >= 0.6 is 11.6 Å². The molecule has 0 aliphatic carbocycles. The molecule has 2 aromatic carbocycles. The summed E-state index contributed by atoms with van der Waals surface area (Å²) in [5.74, 6) is -0.168. The van der Waals surface area contributed by atoms with E-state index >= 15 is 0 Å². The number of piperidine rings is 1. The number of rotatable bonds is 6. The second-order valence-corrected chi connectivity index (χ2v) is 9.58. The Morgan fingerprint density at radius 2 is 1.84 bits per heavy atom. The Balaban J connectivity index is 1.68. The monoisotopic (exact) mass is 490 g/mol. The quantitative estimate of drug-likeness (QED) is 0.631. The number of sulfonamides is 1. The molecule has 1 heterocycles. The van der Waals surface area contributed by atoms with Crippen LogP contribution in [0.15, 0.2) is 47.4 Å². The van der Waals surface area contributed by atoms with Gasteiger partial charge in [0.05, 0.1) is 27.8 Å². The van der Waals surface area contributed by atoms with E-state index in [1.54, 1.807) is 24.3 Å². The third-order valence-electron chi connectivity index (χ3n) is 5.15. The minimum absolute atomic E-state index is 0.0114. The van der Waals surface area contributed by atoms with E-state index in [1.165, 1.54) is 0 Å². The minimum atomic E-state index is -4.77. The summed E-state index contributed by atoms with van der Waals surface area (Å²) in [6, 6.07) is 9.50. The summed E-state index contributed by atoms with van der Waals surface area (Å²) >= 11 is 5.59. The molecule has 1 aliphatic rings. The molecule has 32 heavy (non-hydrogen) atoms. The van der Waals surface area contributed by atoms with Gasteiger partial charge in [-0.2, -0.15) is 17.5 Å². The number of hydrogen-bond acceptors (Lipinski definition) is 4. The average molecular weight is 491 g/mol. The Morgan fingerprint density at radius 1 is 1.19 bits per heavy atom. The van der Waals surface area contributed by atoms with E-state index in [4.69, 9.17) is 16.3 Å². The fourth-order valence-electron chi connectivity index (χ4n) is 3.48. The van der Waals surface area contributed by atoms with Crippen molar-refractivity contribution in [3.63, 3.8) is 0 Å². The lowest BCUT2D eigenvalue weighted by molar-refractivity contribution is -0.137. The molecule has 0 saturated carbocycles. The SMILES string of the molecule is CCOc1ccccc1NC(=O)C1CCN(S(=O)(=O)c2ccc(Cl)c(C(F)(F)F)c2)CC1. The van der Waals surface area contributed by atoms with E-state index < -0.39 is 37.6 Å². The van der Waals surface area contributed by atoms with E-state index in [1.807, 2.05) is 6.92 Å². The largest absolute Gasteiger partial charge is 0.492 e. The zero-order valence-electron chi connectivity index (χ0n) is 17.2. The lowest BCUT2D eigenvalue weighted by Gasteiger charge is -2.30. The zero-order valence-corrected chi connectivity index (χ0v) is 18.7. The molecule has 1 amide bonds. The standard InChI is InChI=1S/C21H22ClF3N2O4S/c1-2-31-19-6-4-3-5-18(19)26-20(28)14-9-11-27(12-10-14)32(29,30)15-7-8-17(22)16(13-15)21(23,24)25/h3-8,13-14H,2,9-12H2,1H3,(H,26,28). The Hall–Kier alpha value is -2.30. The number of amides is 1. The molecule has 1 aliphatic heterocycles. The molecule has 0 radical (unpaired) electrons. The predicted octanol–water partition coefficient (Wildman–Crippen LogP) is 4.80. The molecule has 0 spiro atoms. The number of nitrogens with zero attached hydrogens (tertiary/aromatic N) is 1. The Bertz CT molecular complexity index is 1080. The first kappa shape index (κ1) is 24.3. The van der Waals surface area contributed by atoms with Gasteiger partial charge in [-0.1, -0.05) is 23.7 Å². The summed E-state index contributed by atoms with van der Waals surface area (Å²) in [7, 11) is -4.16. The maximum absolute atomic E-state index is 13.1. The van der Waals surface area contributed by atoms with Gasteiger partial charge in [0.1, 0.15) is 5.75 Å². The maximum Gasteiger partial charge on any atom is 0.417 e. The molecule has 1 fully saturated rings. The molecule has 2 aromatic rings. The Kier molecular flexibility index (Phi) is 7.36. The number of carbonyl (C=O) groups is 1. The van der Waals surface area contributed by atoms with Crippen molar-refractivity contribution in [3.8, 4) is 5.75 Å². The maximum atomic E-state index is 13.1. The second kappa shape index (κ2) is 9.68. The first-order chi connectivity index (χ1) is 15.0. The van der Waals surface area contributed by atoms with Gasteiger partial charge in [0.15, 0.2) is 0 Å². The van der Waals surface area contributed by atoms with Crippen LogP contribution in [0.5, 0.6) is 5.75 Å². The van der Waals surface area contributed by atoms with Crippen LogP contribution in [0.1, 0.15) is 25.3 Å². The average Bonchev–Trinajstić information content (AvgIpc) is 2.74. The summed E-state index contributed by atoms with van der Waals surface area (Å²) < 4.78 is 71.6. The van der Waals surface area contributed by atoms with Gasteiger partial charge >= 0.3 is 6.18 Å². The molecule has 0 aromatic heterocycles. The summed E-state index contributed by atoms with van der Waals surface area (Å²) in [6.45, 7) is 2.28. The Labute approximate surface area is 189 Å². The molecule has 1 saturated heterocycles. The van der Waals surface area contributed by atoms with Crippen molar-refractivity contribution >= 4 is 33.2 Å². The van der Waals surface area contributed by atoms with Crippen LogP contribution in [0, 0.1) is 5.92 Å². The van der Waals surface area contributed by atoms with E-state index in [9.17, 15) is 26.4 Å². The highest BCUT2D eigenvalue weighted by molar-refractivity contribution is 7.89. The van der Waals surface area contributed by atoms with Crippen molar-refractivity contribution in [1.29, 1.82) is 0 Å². The summed E-state index contributed by atoms with van der Waals surface area (Å²) in [4.78, 5) is 12.2. The summed E-state index contributed by atoms with van der Waals surface area (Å²) in [5, 5.41) is 2.24.